The van der Waals surface area contributed by atoms with Gasteiger partial charge in [0.25, 0.3) is 0 Å². The highest BCUT2D eigenvalue weighted by atomic mass is 32.2. The van der Waals surface area contributed by atoms with Crippen LogP contribution >= 0.6 is 11.8 Å². The first-order valence-corrected chi connectivity index (χ1v) is 9.30. The standard InChI is InChI=1S/C22H26S/c1-21(2)13-14-22(3,4)20-16-17(10-11-19(20)21)12-15-23-18-8-6-5-7-9-18/h5-12,15-16H,13-14H2,1-4H3. The molecule has 23 heavy (non-hydrogen) atoms. The summed E-state index contributed by atoms with van der Waals surface area (Å²) in [4.78, 5) is 1.28. The first-order valence-electron chi connectivity index (χ1n) is 8.42. The molecule has 0 fully saturated rings. The Morgan fingerprint density at radius 2 is 1.48 bits per heavy atom. The lowest BCUT2D eigenvalue weighted by molar-refractivity contribution is 0.332. The minimum absolute atomic E-state index is 0.279. The average molecular weight is 323 g/mol. The second-order valence-electron chi connectivity index (χ2n) is 7.81. The van der Waals surface area contributed by atoms with Gasteiger partial charge in [0.15, 0.2) is 0 Å². The van der Waals surface area contributed by atoms with Crippen LogP contribution in [0, 0.1) is 0 Å². The van der Waals surface area contributed by atoms with Crippen LogP contribution in [0.4, 0.5) is 0 Å². The zero-order chi connectivity index (χ0) is 16.5. The summed E-state index contributed by atoms with van der Waals surface area (Å²) in [5.41, 5.74) is 4.94. The molecule has 0 heterocycles. The van der Waals surface area contributed by atoms with Crippen LogP contribution in [0.3, 0.4) is 0 Å². The molecule has 0 bridgehead atoms. The van der Waals surface area contributed by atoms with E-state index in [9.17, 15) is 0 Å². The van der Waals surface area contributed by atoms with Crippen molar-refractivity contribution >= 4 is 17.8 Å². The zero-order valence-corrected chi connectivity index (χ0v) is 15.4. The zero-order valence-electron chi connectivity index (χ0n) is 14.6. The Bertz CT molecular complexity index is 708. The maximum Gasteiger partial charge on any atom is 0.0116 e. The van der Waals surface area contributed by atoms with E-state index in [-0.39, 0.29) is 5.41 Å². The van der Waals surface area contributed by atoms with Crippen molar-refractivity contribution in [1.29, 1.82) is 0 Å². The van der Waals surface area contributed by atoms with E-state index in [0.717, 1.165) is 0 Å². The average Bonchev–Trinajstić information content (AvgIpc) is 2.53. The van der Waals surface area contributed by atoms with Crippen molar-refractivity contribution in [1.82, 2.24) is 0 Å². The summed E-state index contributed by atoms with van der Waals surface area (Å²) < 4.78 is 0. The number of thioether (sulfide) groups is 1. The summed E-state index contributed by atoms with van der Waals surface area (Å²) in [7, 11) is 0. The predicted molar refractivity (Wildman–Crippen MR) is 103 cm³/mol. The third-order valence-corrected chi connectivity index (χ3v) is 5.90. The van der Waals surface area contributed by atoms with Gasteiger partial charge in [0, 0.05) is 4.90 Å². The summed E-state index contributed by atoms with van der Waals surface area (Å²) in [6.45, 7) is 9.52. The fourth-order valence-electron chi connectivity index (χ4n) is 3.40. The summed E-state index contributed by atoms with van der Waals surface area (Å²) in [6, 6.07) is 17.5. The Morgan fingerprint density at radius 3 is 2.17 bits per heavy atom. The van der Waals surface area contributed by atoms with E-state index >= 15 is 0 Å². The highest BCUT2D eigenvalue weighted by Gasteiger charge is 2.36. The summed E-state index contributed by atoms with van der Waals surface area (Å²) in [6.07, 6.45) is 4.76. The van der Waals surface area contributed by atoms with Gasteiger partial charge in [0.1, 0.15) is 0 Å². The number of fused-ring (bicyclic) bond motifs is 1. The van der Waals surface area contributed by atoms with Crippen molar-refractivity contribution in [2.45, 2.75) is 56.3 Å². The van der Waals surface area contributed by atoms with Crippen molar-refractivity contribution < 1.29 is 0 Å². The molecule has 0 saturated carbocycles. The lowest BCUT2D eigenvalue weighted by atomic mass is 9.63. The van der Waals surface area contributed by atoms with Gasteiger partial charge in [-0.3, -0.25) is 0 Å². The molecule has 1 heteroatoms. The van der Waals surface area contributed by atoms with E-state index in [0.29, 0.717) is 5.41 Å². The third kappa shape index (κ3) is 3.55. The number of hydrogen-bond donors (Lipinski definition) is 0. The Morgan fingerprint density at radius 1 is 0.826 bits per heavy atom. The first kappa shape index (κ1) is 16.4. The van der Waals surface area contributed by atoms with Gasteiger partial charge in [-0.1, -0.05) is 75.9 Å². The van der Waals surface area contributed by atoms with E-state index < -0.39 is 0 Å². The summed E-state index contributed by atoms with van der Waals surface area (Å²) in [5, 5.41) is 2.19. The molecule has 3 rings (SSSR count). The Balaban J connectivity index is 1.85. The fourth-order valence-corrected chi connectivity index (χ4v) is 4.10. The van der Waals surface area contributed by atoms with Crippen LogP contribution in [-0.4, -0.2) is 0 Å². The quantitative estimate of drug-likeness (QED) is 0.560. The van der Waals surface area contributed by atoms with Gasteiger partial charge in [-0.25, -0.2) is 0 Å². The first-order chi connectivity index (χ1) is 10.9. The number of rotatable bonds is 3. The molecule has 2 aromatic rings. The molecule has 120 valence electrons. The van der Waals surface area contributed by atoms with Crippen LogP contribution in [-0.2, 0) is 10.8 Å². The molecule has 1 aliphatic rings. The maximum absolute atomic E-state index is 2.40. The van der Waals surface area contributed by atoms with Gasteiger partial charge in [-0.05, 0) is 64.0 Å². The van der Waals surface area contributed by atoms with Gasteiger partial charge in [-0.15, -0.1) is 0 Å². The molecule has 0 N–H and O–H groups in total. The number of hydrogen-bond acceptors (Lipinski definition) is 1. The Kier molecular flexibility index (Phi) is 4.42. The van der Waals surface area contributed by atoms with E-state index in [4.69, 9.17) is 0 Å². The molecule has 0 nitrogen and oxygen atoms in total. The van der Waals surface area contributed by atoms with Crippen molar-refractivity contribution in [3.63, 3.8) is 0 Å². The smallest absolute Gasteiger partial charge is 0.0116 e. The third-order valence-electron chi connectivity index (χ3n) is 5.08. The van der Waals surface area contributed by atoms with Gasteiger partial charge < -0.3 is 0 Å². The molecule has 0 atom stereocenters. The Hall–Kier alpha value is -1.47. The van der Waals surface area contributed by atoms with E-state index in [2.05, 4.69) is 87.7 Å². The largest absolute Gasteiger partial charge is 0.0981 e. The number of benzene rings is 2. The highest BCUT2D eigenvalue weighted by molar-refractivity contribution is 8.02. The lowest BCUT2D eigenvalue weighted by Gasteiger charge is -2.42. The summed E-state index contributed by atoms with van der Waals surface area (Å²) >= 11 is 1.77. The predicted octanol–water partition coefficient (Wildman–Crippen LogP) is 6.80. The van der Waals surface area contributed by atoms with E-state index in [1.54, 1.807) is 11.8 Å². The fraction of sp³-hybridized carbons (Fsp3) is 0.364. The van der Waals surface area contributed by atoms with Crippen molar-refractivity contribution in [2.75, 3.05) is 0 Å². The molecule has 0 aliphatic heterocycles. The van der Waals surface area contributed by atoms with Crippen LogP contribution in [0.25, 0.3) is 6.08 Å². The van der Waals surface area contributed by atoms with Gasteiger partial charge in [0.2, 0.25) is 0 Å². The molecule has 0 spiro atoms. The second kappa shape index (κ2) is 6.20. The minimum Gasteiger partial charge on any atom is -0.0981 e. The monoisotopic (exact) mass is 322 g/mol. The molecular formula is C22H26S. The molecule has 2 aromatic carbocycles. The van der Waals surface area contributed by atoms with E-state index in [1.807, 2.05) is 0 Å². The van der Waals surface area contributed by atoms with Crippen molar-refractivity contribution in [3.05, 3.63) is 70.6 Å². The van der Waals surface area contributed by atoms with Crippen LogP contribution in [0.1, 0.15) is 57.2 Å². The molecule has 0 aromatic heterocycles. The van der Waals surface area contributed by atoms with Crippen LogP contribution in [0.15, 0.2) is 58.8 Å². The van der Waals surface area contributed by atoms with E-state index in [1.165, 1.54) is 34.4 Å². The van der Waals surface area contributed by atoms with Crippen LogP contribution in [0.2, 0.25) is 0 Å². The SMILES string of the molecule is CC1(C)CCC(C)(C)c2cc(C=CSc3ccccc3)ccc21. The molecule has 0 amide bonds. The van der Waals surface area contributed by atoms with Gasteiger partial charge in [0.05, 0.1) is 0 Å². The molecule has 0 radical (unpaired) electrons. The van der Waals surface area contributed by atoms with Crippen LogP contribution in [0.5, 0.6) is 0 Å². The van der Waals surface area contributed by atoms with Crippen molar-refractivity contribution in [2.24, 2.45) is 0 Å². The van der Waals surface area contributed by atoms with Gasteiger partial charge in [-0.2, -0.15) is 0 Å². The molecule has 0 unspecified atom stereocenters. The molecule has 0 saturated heterocycles. The lowest BCUT2D eigenvalue weighted by Crippen LogP contribution is -2.33. The second-order valence-corrected chi connectivity index (χ2v) is 8.79. The van der Waals surface area contributed by atoms with Gasteiger partial charge >= 0.3 is 0 Å². The normalized spacial score (nSPS) is 18.8. The van der Waals surface area contributed by atoms with Crippen LogP contribution < -0.4 is 0 Å². The Labute approximate surface area is 145 Å². The van der Waals surface area contributed by atoms with Crippen molar-refractivity contribution in [3.8, 4) is 0 Å². The maximum atomic E-state index is 2.40. The molecular weight excluding hydrogens is 296 g/mol. The minimum atomic E-state index is 0.279. The summed E-state index contributed by atoms with van der Waals surface area (Å²) in [5.74, 6) is 0. The topological polar surface area (TPSA) is 0 Å². The molecule has 1 aliphatic carbocycles. The highest BCUT2D eigenvalue weighted by Crippen LogP contribution is 2.46.